The number of aromatic carboxylic acids is 1. The predicted molar refractivity (Wildman–Crippen MR) is 73.6 cm³/mol. The van der Waals surface area contributed by atoms with Crippen LogP contribution in [0.4, 0.5) is 5.69 Å². The van der Waals surface area contributed by atoms with Crippen LogP contribution in [0.3, 0.4) is 0 Å². The summed E-state index contributed by atoms with van der Waals surface area (Å²) in [5.74, 6) is -1.73. The van der Waals surface area contributed by atoms with Gasteiger partial charge in [-0.3, -0.25) is 4.79 Å². The second kappa shape index (κ2) is 6.69. The predicted octanol–water partition coefficient (Wildman–Crippen LogP) is 1.81. The normalized spacial score (nSPS) is 13.4. The van der Waals surface area contributed by atoms with Gasteiger partial charge in [-0.25, -0.2) is 9.00 Å². The summed E-state index contributed by atoms with van der Waals surface area (Å²) in [6.45, 7) is 1.24. The van der Waals surface area contributed by atoms with Crippen LogP contribution in [0.25, 0.3) is 0 Å². The van der Waals surface area contributed by atoms with Crippen molar-refractivity contribution in [2.75, 3.05) is 12.4 Å². The van der Waals surface area contributed by atoms with Crippen molar-refractivity contribution >= 4 is 40.2 Å². The largest absolute Gasteiger partial charge is 0.496 e. The van der Waals surface area contributed by atoms with Crippen LogP contribution in [0.2, 0.25) is 0 Å². The van der Waals surface area contributed by atoms with E-state index in [-0.39, 0.29) is 22.6 Å². The highest BCUT2D eigenvalue weighted by molar-refractivity contribution is 7.80. The standard InChI is InChI=1S/C11H12ClNO6S/c1-5(14)13-8-4-9(19-2)7(11(15)16)3-6(8)10(12)20(17)18/h3-4,10H,1-2H3,(H,13,14)(H,15,16)(H,17,18). The molecule has 1 aromatic carbocycles. The van der Waals surface area contributed by atoms with E-state index in [4.69, 9.17) is 26.0 Å². The Morgan fingerprint density at radius 3 is 2.45 bits per heavy atom. The third-order valence-electron chi connectivity index (χ3n) is 2.33. The lowest BCUT2D eigenvalue weighted by Gasteiger charge is -2.16. The van der Waals surface area contributed by atoms with Crippen molar-refractivity contribution in [1.82, 2.24) is 0 Å². The molecule has 0 heterocycles. The summed E-state index contributed by atoms with van der Waals surface area (Å²) in [6.07, 6.45) is 0. The average Bonchev–Trinajstić information content (AvgIpc) is 2.36. The molecule has 20 heavy (non-hydrogen) atoms. The van der Waals surface area contributed by atoms with Gasteiger partial charge in [0.1, 0.15) is 11.3 Å². The molecule has 2 atom stereocenters. The smallest absolute Gasteiger partial charge is 0.339 e. The number of rotatable bonds is 5. The molecule has 0 saturated carbocycles. The highest BCUT2D eigenvalue weighted by Crippen LogP contribution is 2.35. The van der Waals surface area contributed by atoms with E-state index in [0.717, 1.165) is 6.07 Å². The first-order valence-electron chi connectivity index (χ1n) is 5.24. The molecule has 0 aliphatic heterocycles. The highest BCUT2D eigenvalue weighted by Gasteiger charge is 2.23. The molecule has 9 heteroatoms. The number of benzene rings is 1. The van der Waals surface area contributed by atoms with Crippen LogP contribution >= 0.6 is 11.6 Å². The summed E-state index contributed by atoms with van der Waals surface area (Å²) in [4.78, 5) is 22.2. The van der Waals surface area contributed by atoms with E-state index in [1.807, 2.05) is 0 Å². The first kappa shape index (κ1) is 16.4. The number of ether oxygens (including phenoxy) is 1. The van der Waals surface area contributed by atoms with Crippen LogP contribution in [-0.2, 0) is 15.9 Å². The first-order chi connectivity index (χ1) is 9.27. The second-order valence-corrected chi connectivity index (χ2v) is 5.44. The Bertz CT molecular complexity index is 576. The van der Waals surface area contributed by atoms with Gasteiger partial charge >= 0.3 is 5.97 Å². The number of carboxylic acid groups (broad SMARTS) is 1. The van der Waals surface area contributed by atoms with Gasteiger partial charge < -0.3 is 19.7 Å². The van der Waals surface area contributed by atoms with Crippen molar-refractivity contribution in [3.63, 3.8) is 0 Å². The third-order valence-corrected chi connectivity index (χ3v) is 3.63. The molecule has 0 radical (unpaired) electrons. The monoisotopic (exact) mass is 321 g/mol. The number of carboxylic acids is 1. The van der Waals surface area contributed by atoms with Crippen molar-refractivity contribution in [3.8, 4) is 5.75 Å². The Balaban J connectivity index is 3.50. The quantitative estimate of drug-likeness (QED) is 0.563. The number of methoxy groups -OCH3 is 1. The third kappa shape index (κ3) is 3.69. The molecule has 0 saturated heterocycles. The van der Waals surface area contributed by atoms with Crippen LogP contribution in [0.1, 0.15) is 27.6 Å². The summed E-state index contributed by atoms with van der Waals surface area (Å²) in [6, 6.07) is 2.33. The van der Waals surface area contributed by atoms with Crippen molar-refractivity contribution in [2.24, 2.45) is 0 Å². The number of carbonyl (C=O) groups excluding carboxylic acids is 1. The average molecular weight is 322 g/mol. The number of nitrogens with one attached hydrogen (secondary N) is 1. The molecule has 7 nitrogen and oxygen atoms in total. The number of hydrogen-bond acceptors (Lipinski definition) is 4. The molecule has 0 spiro atoms. The number of carbonyl (C=O) groups is 2. The van der Waals surface area contributed by atoms with Crippen molar-refractivity contribution in [1.29, 1.82) is 0 Å². The number of amides is 1. The molecule has 3 N–H and O–H groups in total. The maximum atomic E-state index is 11.1. The van der Waals surface area contributed by atoms with Gasteiger partial charge in [-0.2, -0.15) is 0 Å². The zero-order valence-electron chi connectivity index (χ0n) is 10.5. The minimum Gasteiger partial charge on any atom is -0.496 e. The maximum Gasteiger partial charge on any atom is 0.339 e. The molecule has 1 amide bonds. The Morgan fingerprint density at radius 1 is 1.45 bits per heavy atom. The SMILES string of the molecule is COc1cc(NC(C)=O)c(C(Cl)S(=O)O)cc1C(=O)O. The minimum atomic E-state index is -2.44. The zero-order valence-corrected chi connectivity index (χ0v) is 12.1. The van der Waals surface area contributed by atoms with Crippen molar-refractivity contribution < 1.29 is 28.2 Å². The van der Waals surface area contributed by atoms with Crippen LogP contribution < -0.4 is 10.1 Å². The van der Waals surface area contributed by atoms with E-state index in [1.165, 1.54) is 20.1 Å². The van der Waals surface area contributed by atoms with Gasteiger partial charge in [-0.05, 0) is 6.07 Å². The minimum absolute atomic E-state index is 0.00223. The number of hydrogen-bond donors (Lipinski definition) is 3. The lowest BCUT2D eigenvalue weighted by Crippen LogP contribution is -2.12. The molecule has 110 valence electrons. The van der Waals surface area contributed by atoms with Gasteiger partial charge in [0.25, 0.3) is 0 Å². The maximum absolute atomic E-state index is 11.1. The van der Waals surface area contributed by atoms with Gasteiger partial charge in [-0.1, -0.05) is 0 Å². The van der Waals surface area contributed by atoms with E-state index < -0.39 is 27.7 Å². The van der Waals surface area contributed by atoms with Crippen molar-refractivity contribution in [2.45, 2.75) is 11.6 Å². The van der Waals surface area contributed by atoms with Crippen molar-refractivity contribution in [3.05, 3.63) is 23.3 Å². The van der Waals surface area contributed by atoms with E-state index in [2.05, 4.69) is 5.32 Å². The molecular weight excluding hydrogens is 310 g/mol. The van der Waals surface area contributed by atoms with Crippen LogP contribution in [0, 0.1) is 0 Å². The molecule has 1 aromatic rings. The topological polar surface area (TPSA) is 113 Å². The second-order valence-electron chi connectivity index (χ2n) is 3.72. The molecule has 0 aliphatic rings. The lowest BCUT2D eigenvalue weighted by molar-refractivity contribution is -0.114. The summed E-state index contributed by atoms with van der Waals surface area (Å²) in [5.41, 5.74) is -0.102. The van der Waals surface area contributed by atoms with E-state index in [0.29, 0.717) is 0 Å². The number of halogens is 1. The van der Waals surface area contributed by atoms with Gasteiger partial charge in [0, 0.05) is 18.6 Å². The molecule has 2 unspecified atom stereocenters. The number of alkyl halides is 1. The first-order valence-corrected chi connectivity index (χ1v) is 6.85. The molecule has 1 rings (SSSR count). The van der Waals surface area contributed by atoms with Crippen LogP contribution in [-0.4, -0.2) is 32.9 Å². The zero-order chi connectivity index (χ0) is 15.4. The Morgan fingerprint density at radius 2 is 2.05 bits per heavy atom. The van der Waals surface area contributed by atoms with E-state index in [1.54, 1.807) is 0 Å². The Labute approximate surface area is 122 Å². The Kier molecular flexibility index (Phi) is 5.49. The van der Waals surface area contributed by atoms with Gasteiger partial charge in [-0.15, -0.1) is 11.6 Å². The molecule has 0 fully saturated rings. The summed E-state index contributed by atoms with van der Waals surface area (Å²) >= 11 is 3.33. The van der Waals surface area contributed by atoms with Gasteiger partial charge in [0.15, 0.2) is 15.8 Å². The Hall–Kier alpha value is -1.64. The van der Waals surface area contributed by atoms with Crippen LogP contribution in [0.15, 0.2) is 12.1 Å². The summed E-state index contributed by atoms with van der Waals surface area (Å²) < 4.78 is 23.6. The van der Waals surface area contributed by atoms with E-state index >= 15 is 0 Å². The van der Waals surface area contributed by atoms with Gasteiger partial charge in [0.05, 0.1) is 12.8 Å². The molecule has 0 aromatic heterocycles. The fraction of sp³-hybridized carbons (Fsp3) is 0.273. The number of anilines is 1. The fourth-order valence-electron chi connectivity index (χ4n) is 1.53. The van der Waals surface area contributed by atoms with Crippen LogP contribution in [0.5, 0.6) is 5.75 Å². The fourth-order valence-corrected chi connectivity index (χ4v) is 2.12. The summed E-state index contributed by atoms with van der Waals surface area (Å²) in [5, 5.41) is 11.5. The van der Waals surface area contributed by atoms with Gasteiger partial charge in [0.2, 0.25) is 5.91 Å². The summed E-state index contributed by atoms with van der Waals surface area (Å²) in [7, 11) is 1.27. The molecule has 0 aliphatic carbocycles. The molecule has 0 bridgehead atoms. The lowest BCUT2D eigenvalue weighted by atomic mass is 10.1. The molecular formula is C11H12ClNO6S. The van der Waals surface area contributed by atoms with E-state index in [9.17, 15) is 13.8 Å². The highest BCUT2D eigenvalue weighted by atomic mass is 35.5.